The average molecular weight is 734 g/mol. The van der Waals surface area contributed by atoms with Gasteiger partial charge >= 0.3 is 5.97 Å². The van der Waals surface area contributed by atoms with Gasteiger partial charge in [-0.3, -0.25) is 9.59 Å². The van der Waals surface area contributed by atoms with Crippen molar-refractivity contribution in [2.24, 2.45) is 5.41 Å². The predicted octanol–water partition coefficient (Wildman–Crippen LogP) is 8.87. The summed E-state index contributed by atoms with van der Waals surface area (Å²) in [7, 11) is -2.86. The fraction of sp³-hybridized carbons (Fsp3) is 0.318. The van der Waals surface area contributed by atoms with Gasteiger partial charge in [0, 0.05) is 34.8 Å². The zero-order valence-electron chi connectivity index (χ0n) is 30.9. The lowest BCUT2D eigenvalue weighted by atomic mass is 9.92. The smallest absolute Gasteiger partial charge is 0.308 e. The molecule has 0 radical (unpaired) electrons. The minimum absolute atomic E-state index is 0.207. The molecule has 0 bridgehead atoms. The summed E-state index contributed by atoms with van der Waals surface area (Å²) >= 11 is 6.69. The first-order chi connectivity index (χ1) is 24.8. The number of benzene rings is 5. The van der Waals surface area contributed by atoms with E-state index in [1.165, 1.54) is 10.4 Å². The first-order valence-corrected chi connectivity index (χ1v) is 20.3. The fourth-order valence-corrected chi connectivity index (χ4v) is 12.4. The molecule has 52 heavy (non-hydrogen) atoms. The van der Waals surface area contributed by atoms with Crippen LogP contribution in [0.25, 0.3) is 10.8 Å². The van der Waals surface area contributed by atoms with E-state index < -0.39 is 31.9 Å². The molecule has 1 amide bonds. The molecule has 0 aromatic heterocycles. The van der Waals surface area contributed by atoms with Crippen LogP contribution >= 0.6 is 11.6 Å². The molecular weight excluding hydrogens is 686 g/mol. The van der Waals surface area contributed by atoms with Gasteiger partial charge in [0.25, 0.3) is 14.2 Å². The number of fused-ring (bicyclic) bond motifs is 2. The summed E-state index contributed by atoms with van der Waals surface area (Å²) in [5.41, 5.74) is 1.80. The van der Waals surface area contributed by atoms with Crippen molar-refractivity contribution in [1.82, 2.24) is 0 Å². The van der Waals surface area contributed by atoms with E-state index in [2.05, 4.69) is 95.3 Å². The molecule has 6 rings (SSSR count). The summed E-state index contributed by atoms with van der Waals surface area (Å²) < 4.78 is 19.5. The minimum Gasteiger partial charge on any atom is -0.466 e. The Balaban J connectivity index is 1.43. The average Bonchev–Trinajstić information content (AvgIpc) is 3.22. The Kier molecular flexibility index (Phi) is 11.1. The van der Waals surface area contributed by atoms with E-state index in [1.807, 2.05) is 54.6 Å². The number of amides is 1. The molecule has 5 aromatic carbocycles. The van der Waals surface area contributed by atoms with E-state index in [9.17, 15) is 9.59 Å². The van der Waals surface area contributed by atoms with Crippen molar-refractivity contribution >= 4 is 58.6 Å². The Morgan fingerprint density at radius 3 is 2.06 bits per heavy atom. The van der Waals surface area contributed by atoms with Crippen molar-refractivity contribution in [3.05, 3.63) is 137 Å². The molecule has 0 unspecified atom stereocenters. The normalized spacial score (nSPS) is 16.8. The summed E-state index contributed by atoms with van der Waals surface area (Å²) in [6, 6.07) is 40.8. The number of esters is 1. The Morgan fingerprint density at radius 1 is 0.808 bits per heavy atom. The molecule has 2 atom stereocenters. The second-order valence-corrected chi connectivity index (χ2v) is 20.1. The van der Waals surface area contributed by atoms with Crippen LogP contribution < -0.4 is 15.3 Å². The van der Waals surface area contributed by atoms with Crippen LogP contribution in [0.5, 0.6) is 0 Å². The Morgan fingerprint density at radius 2 is 1.42 bits per heavy atom. The van der Waals surface area contributed by atoms with Crippen molar-refractivity contribution in [1.29, 1.82) is 0 Å². The highest BCUT2D eigenvalue weighted by atomic mass is 35.5. The minimum atomic E-state index is -2.86. The van der Waals surface area contributed by atoms with Crippen LogP contribution in [0.2, 0.25) is 10.1 Å². The van der Waals surface area contributed by atoms with Crippen LogP contribution in [0.1, 0.15) is 65.2 Å². The van der Waals surface area contributed by atoms with Gasteiger partial charge in [0.05, 0.1) is 13.0 Å². The largest absolute Gasteiger partial charge is 0.466 e. The van der Waals surface area contributed by atoms with Gasteiger partial charge < -0.3 is 18.8 Å². The summed E-state index contributed by atoms with van der Waals surface area (Å²) in [6.07, 6.45) is -1.99. The number of rotatable bonds is 11. The lowest BCUT2D eigenvalue weighted by Crippen LogP contribution is -2.67. The van der Waals surface area contributed by atoms with E-state index in [4.69, 9.17) is 25.5 Å². The monoisotopic (exact) mass is 733 g/mol. The molecule has 0 spiro atoms. The maximum Gasteiger partial charge on any atom is 0.308 e. The Labute approximate surface area is 313 Å². The van der Waals surface area contributed by atoms with Gasteiger partial charge in [-0.2, -0.15) is 0 Å². The van der Waals surface area contributed by atoms with E-state index in [0.717, 1.165) is 21.9 Å². The molecule has 0 saturated carbocycles. The summed E-state index contributed by atoms with van der Waals surface area (Å²) in [5.74, 6) is -0.798. The van der Waals surface area contributed by atoms with Gasteiger partial charge in [-0.15, -0.1) is 0 Å². The number of carbonyl (C=O) groups is 2. The van der Waals surface area contributed by atoms with Gasteiger partial charge in [0.15, 0.2) is 0 Å². The van der Waals surface area contributed by atoms with Gasteiger partial charge in [-0.25, -0.2) is 0 Å². The second kappa shape index (κ2) is 15.4. The topological polar surface area (TPSA) is 65.1 Å². The van der Waals surface area contributed by atoms with Crippen molar-refractivity contribution in [2.45, 2.75) is 65.2 Å². The van der Waals surface area contributed by atoms with Crippen LogP contribution in [0.15, 0.2) is 121 Å². The zero-order valence-corrected chi connectivity index (χ0v) is 32.7. The number of nitrogens with zero attached hydrogens (tertiary/aromatic N) is 1. The van der Waals surface area contributed by atoms with Gasteiger partial charge in [0.1, 0.15) is 12.2 Å². The molecule has 1 aliphatic rings. The molecule has 270 valence electrons. The maximum atomic E-state index is 14.8. The van der Waals surface area contributed by atoms with Crippen LogP contribution in [0, 0.1) is 5.41 Å². The molecule has 1 heterocycles. The van der Waals surface area contributed by atoms with Gasteiger partial charge in [-0.05, 0) is 56.9 Å². The third-order valence-corrected chi connectivity index (χ3v) is 15.1. The van der Waals surface area contributed by atoms with Crippen LogP contribution in [0.4, 0.5) is 5.69 Å². The first kappa shape index (κ1) is 37.5. The lowest BCUT2D eigenvalue weighted by Gasteiger charge is -2.45. The van der Waals surface area contributed by atoms with E-state index >= 15 is 0 Å². The zero-order chi connectivity index (χ0) is 37.1. The molecular formula is C44H48ClNO5Si. The van der Waals surface area contributed by atoms with Crippen molar-refractivity contribution < 1.29 is 23.5 Å². The van der Waals surface area contributed by atoms with Crippen molar-refractivity contribution in [3.63, 3.8) is 0 Å². The number of hydrogen-bond donors (Lipinski definition) is 0. The van der Waals surface area contributed by atoms with Crippen LogP contribution in [-0.4, -0.2) is 46.1 Å². The second-order valence-electron chi connectivity index (χ2n) is 15.3. The molecule has 1 aliphatic heterocycles. The lowest BCUT2D eigenvalue weighted by molar-refractivity contribution is -0.151. The fourth-order valence-electron chi connectivity index (χ4n) is 7.50. The van der Waals surface area contributed by atoms with Gasteiger partial charge in [-0.1, -0.05) is 149 Å². The van der Waals surface area contributed by atoms with Gasteiger partial charge in [0.2, 0.25) is 0 Å². The molecule has 0 fully saturated rings. The molecule has 0 N–H and O–H groups in total. The number of anilines is 1. The number of ether oxygens (including phenoxy) is 2. The third-order valence-electron chi connectivity index (χ3n) is 9.85. The highest BCUT2D eigenvalue weighted by Crippen LogP contribution is 2.44. The van der Waals surface area contributed by atoms with Crippen molar-refractivity contribution in [3.8, 4) is 0 Å². The SMILES string of the molecule is CCOC(=O)C[C@@H]1O[C@@H](c2cccc3ccccc23)c2cc(Cl)ccc2N(CC(C)(C)CO[Si](c2ccccc2)(c2ccccc2)C(C)(C)C)C1=O. The van der Waals surface area contributed by atoms with Crippen LogP contribution in [0.3, 0.4) is 0 Å². The molecule has 0 aliphatic carbocycles. The highest BCUT2D eigenvalue weighted by molar-refractivity contribution is 6.99. The maximum absolute atomic E-state index is 14.8. The quantitative estimate of drug-likeness (QED) is 0.100. The summed E-state index contributed by atoms with van der Waals surface area (Å²) in [5, 5.41) is 4.74. The van der Waals surface area contributed by atoms with E-state index in [1.54, 1.807) is 17.9 Å². The third kappa shape index (κ3) is 7.60. The molecule has 8 heteroatoms. The highest BCUT2D eigenvalue weighted by Gasteiger charge is 2.51. The number of halogens is 1. The molecule has 0 saturated heterocycles. The number of hydrogen-bond acceptors (Lipinski definition) is 5. The standard InChI is InChI=1S/C44H48ClNO5Si/c1-7-49-40(47)28-39-42(48)46(38-26-25-32(45)27-37(38)41(51-39)36-24-16-18-31-17-14-15-23-35(31)36)29-44(5,6)30-50-52(43(2,3)4,33-19-10-8-11-20-33)34-21-12-9-13-22-34/h8-27,39,41H,7,28-30H2,1-6H3/t39-,41-/m0/s1. The Hall–Kier alpha value is -4.27. The van der Waals surface area contributed by atoms with Crippen LogP contribution in [-0.2, 0) is 23.5 Å². The van der Waals surface area contributed by atoms with Crippen molar-refractivity contribution in [2.75, 3.05) is 24.7 Å². The van der Waals surface area contributed by atoms with E-state index in [0.29, 0.717) is 23.9 Å². The molecule has 6 nitrogen and oxygen atoms in total. The molecule has 5 aromatic rings. The Bertz CT molecular complexity index is 1980. The number of carbonyl (C=O) groups excluding carboxylic acids is 2. The predicted molar refractivity (Wildman–Crippen MR) is 213 cm³/mol. The summed E-state index contributed by atoms with van der Waals surface area (Å²) in [4.78, 5) is 29.6. The van der Waals surface area contributed by atoms with E-state index in [-0.39, 0.29) is 24.0 Å². The summed E-state index contributed by atoms with van der Waals surface area (Å²) in [6.45, 7) is 13.7. The first-order valence-electron chi connectivity index (χ1n) is 18.0.